The molecule has 3 nitrogen and oxygen atoms in total. The second-order valence-corrected chi connectivity index (χ2v) is 2.75. The summed E-state index contributed by atoms with van der Waals surface area (Å²) in [6, 6.07) is 5.59. The van der Waals surface area contributed by atoms with E-state index >= 15 is 0 Å². The van der Waals surface area contributed by atoms with E-state index in [1.54, 1.807) is 6.20 Å². The lowest BCUT2D eigenvalue weighted by Gasteiger charge is -2.03. The first-order valence-electron chi connectivity index (χ1n) is 3.49. The molecule has 0 spiro atoms. The molecule has 0 amide bonds. The highest BCUT2D eigenvalue weighted by atomic mass is 35.5. The molecule has 0 fully saturated rings. The fourth-order valence-corrected chi connectivity index (χ4v) is 1.27. The fraction of sp³-hybridized carbons (Fsp3) is 0. The van der Waals surface area contributed by atoms with Crippen LogP contribution in [0, 0.1) is 0 Å². The third-order valence-corrected chi connectivity index (χ3v) is 1.92. The van der Waals surface area contributed by atoms with Gasteiger partial charge < -0.3 is 0 Å². The molecule has 1 aromatic carbocycles. The Hall–Kier alpha value is -1.35. The molecule has 1 aromatic rings. The number of hydrogen-bond acceptors (Lipinski definition) is 3. The molecule has 0 saturated heterocycles. The van der Waals surface area contributed by atoms with E-state index in [4.69, 9.17) is 11.6 Å². The van der Waals surface area contributed by atoms with Gasteiger partial charge in [0.25, 0.3) is 0 Å². The predicted molar refractivity (Wildman–Crippen MR) is 49.0 cm³/mol. The van der Waals surface area contributed by atoms with Gasteiger partial charge in [0.15, 0.2) is 0 Å². The summed E-state index contributed by atoms with van der Waals surface area (Å²) < 4.78 is 0. The average molecular weight is 180 g/mol. The Morgan fingerprint density at radius 3 is 3.17 bits per heavy atom. The summed E-state index contributed by atoms with van der Waals surface area (Å²) in [5.74, 6) is 0. The smallest absolute Gasteiger partial charge is 0.0666 e. The molecule has 0 radical (unpaired) electrons. The molecule has 0 saturated carbocycles. The van der Waals surface area contributed by atoms with E-state index in [1.807, 2.05) is 24.3 Å². The highest BCUT2D eigenvalue weighted by Crippen LogP contribution is 2.26. The monoisotopic (exact) mass is 179 g/mol. The van der Waals surface area contributed by atoms with E-state index in [0.717, 1.165) is 11.3 Å². The molecule has 1 N–H and O–H groups in total. The van der Waals surface area contributed by atoms with Crippen LogP contribution in [0.4, 0.5) is 5.69 Å². The van der Waals surface area contributed by atoms with Crippen molar-refractivity contribution in [2.24, 2.45) is 10.3 Å². The van der Waals surface area contributed by atoms with Crippen LogP contribution in [0.2, 0.25) is 5.02 Å². The Morgan fingerprint density at radius 2 is 2.25 bits per heavy atom. The summed E-state index contributed by atoms with van der Waals surface area (Å²) in [6.07, 6.45) is 3.42. The minimum atomic E-state index is 0.698. The molecular formula is C8H6ClN3. The van der Waals surface area contributed by atoms with Crippen molar-refractivity contribution in [2.45, 2.75) is 0 Å². The average Bonchev–Trinajstić information content (AvgIpc) is 2.30. The van der Waals surface area contributed by atoms with Crippen molar-refractivity contribution in [3.8, 4) is 0 Å². The van der Waals surface area contributed by atoms with Crippen molar-refractivity contribution in [3.63, 3.8) is 0 Å². The van der Waals surface area contributed by atoms with Gasteiger partial charge in [0.1, 0.15) is 0 Å². The summed E-state index contributed by atoms with van der Waals surface area (Å²) in [6.45, 7) is 0. The molecule has 1 aliphatic rings. The van der Waals surface area contributed by atoms with Gasteiger partial charge >= 0.3 is 0 Å². The number of anilines is 1. The van der Waals surface area contributed by atoms with Gasteiger partial charge in [-0.2, -0.15) is 0 Å². The van der Waals surface area contributed by atoms with Crippen molar-refractivity contribution in [3.05, 3.63) is 35.0 Å². The number of halogens is 1. The molecule has 0 bridgehead atoms. The highest BCUT2D eigenvalue weighted by molar-refractivity contribution is 6.32. The topological polar surface area (TPSA) is 36.8 Å². The predicted octanol–water partition coefficient (Wildman–Crippen LogP) is 3.10. The van der Waals surface area contributed by atoms with E-state index in [1.165, 1.54) is 0 Å². The van der Waals surface area contributed by atoms with Crippen molar-refractivity contribution in [1.82, 2.24) is 0 Å². The third-order valence-electron chi connectivity index (χ3n) is 1.59. The van der Waals surface area contributed by atoms with Gasteiger partial charge in [-0.05, 0) is 18.2 Å². The van der Waals surface area contributed by atoms with Gasteiger partial charge in [-0.25, -0.2) is 0 Å². The Balaban J connectivity index is 2.59. The zero-order chi connectivity index (χ0) is 8.39. The minimum absolute atomic E-state index is 0.698. The van der Waals surface area contributed by atoms with Crippen molar-refractivity contribution >= 4 is 23.4 Å². The number of nitrogens with one attached hydrogen (secondary N) is 1. The number of hydrogen-bond donors (Lipinski definition) is 1. The maximum atomic E-state index is 5.94. The first-order valence-corrected chi connectivity index (χ1v) is 3.86. The molecule has 60 valence electrons. The molecule has 12 heavy (non-hydrogen) atoms. The van der Waals surface area contributed by atoms with Gasteiger partial charge in [-0.3, -0.25) is 5.43 Å². The Labute approximate surface area is 74.7 Å². The van der Waals surface area contributed by atoms with Crippen LogP contribution in [0.1, 0.15) is 5.56 Å². The van der Waals surface area contributed by atoms with Crippen LogP contribution in [-0.2, 0) is 0 Å². The molecule has 0 aliphatic carbocycles. The van der Waals surface area contributed by atoms with Gasteiger partial charge in [-0.15, -0.1) is 5.11 Å². The zero-order valence-electron chi connectivity index (χ0n) is 6.16. The summed E-state index contributed by atoms with van der Waals surface area (Å²) in [7, 11) is 0. The van der Waals surface area contributed by atoms with Crippen molar-refractivity contribution in [2.75, 3.05) is 5.43 Å². The van der Waals surface area contributed by atoms with E-state index < -0.39 is 0 Å². The first kappa shape index (κ1) is 7.31. The Morgan fingerprint density at radius 1 is 1.33 bits per heavy atom. The highest BCUT2D eigenvalue weighted by Gasteiger charge is 2.03. The Kier molecular flexibility index (Phi) is 1.80. The van der Waals surface area contributed by atoms with E-state index in [9.17, 15) is 0 Å². The number of benzene rings is 1. The van der Waals surface area contributed by atoms with Crippen LogP contribution in [-0.4, -0.2) is 0 Å². The lowest BCUT2D eigenvalue weighted by molar-refractivity contribution is 1.14. The second kappa shape index (κ2) is 2.95. The second-order valence-electron chi connectivity index (χ2n) is 2.34. The third kappa shape index (κ3) is 1.19. The number of fused-ring (bicyclic) bond motifs is 1. The summed E-state index contributed by atoms with van der Waals surface area (Å²) in [4.78, 5) is 0. The van der Waals surface area contributed by atoms with Crippen LogP contribution in [0.15, 0.2) is 34.7 Å². The fourth-order valence-electron chi connectivity index (χ4n) is 1.03. The molecule has 0 atom stereocenters. The summed E-state index contributed by atoms with van der Waals surface area (Å²) in [5.41, 5.74) is 4.57. The first-order chi connectivity index (χ1) is 5.88. The van der Waals surface area contributed by atoms with Gasteiger partial charge in [0, 0.05) is 10.6 Å². The Bertz CT molecular complexity index is 357. The quantitative estimate of drug-likeness (QED) is 0.653. The van der Waals surface area contributed by atoms with E-state index in [2.05, 4.69) is 15.8 Å². The molecule has 4 heteroatoms. The molecular weight excluding hydrogens is 174 g/mol. The maximum absolute atomic E-state index is 5.94. The summed E-state index contributed by atoms with van der Waals surface area (Å²) in [5, 5.41) is 8.08. The number of nitrogens with zero attached hydrogens (tertiary/aromatic N) is 2. The largest absolute Gasteiger partial charge is 0.259 e. The minimum Gasteiger partial charge on any atom is -0.259 e. The lowest BCUT2D eigenvalue weighted by Crippen LogP contribution is -1.88. The van der Waals surface area contributed by atoms with Gasteiger partial charge in [-0.1, -0.05) is 22.9 Å². The van der Waals surface area contributed by atoms with Gasteiger partial charge in [0.2, 0.25) is 0 Å². The normalized spacial score (nSPS) is 13.4. The molecule has 0 unspecified atom stereocenters. The van der Waals surface area contributed by atoms with E-state index in [0.29, 0.717) is 5.02 Å². The lowest BCUT2D eigenvalue weighted by atomic mass is 10.2. The van der Waals surface area contributed by atoms with Crippen LogP contribution < -0.4 is 5.43 Å². The zero-order valence-corrected chi connectivity index (χ0v) is 6.92. The van der Waals surface area contributed by atoms with Gasteiger partial charge in [0.05, 0.1) is 11.9 Å². The van der Waals surface area contributed by atoms with Crippen LogP contribution in [0.3, 0.4) is 0 Å². The van der Waals surface area contributed by atoms with Crippen LogP contribution >= 0.6 is 11.6 Å². The molecule has 1 heterocycles. The van der Waals surface area contributed by atoms with Crippen LogP contribution in [0.25, 0.3) is 6.08 Å². The van der Waals surface area contributed by atoms with Crippen molar-refractivity contribution < 1.29 is 0 Å². The SMILES string of the molecule is Clc1cccc2c1C=CN=NN2. The van der Waals surface area contributed by atoms with Crippen molar-refractivity contribution in [1.29, 1.82) is 0 Å². The molecule has 0 aromatic heterocycles. The standard InChI is InChI=1S/C8H6ClN3/c9-7-2-1-3-8-6(7)4-5-10-12-11-8/h1-5H,(H,10,11). The number of rotatable bonds is 0. The molecule has 2 rings (SSSR count). The van der Waals surface area contributed by atoms with E-state index in [-0.39, 0.29) is 0 Å². The van der Waals surface area contributed by atoms with Crippen LogP contribution in [0.5, 0.6) is 0 Å². The summed E-state index contributed by atoms with van der Waals surface area (Å²) >= 11 is 5.94. The molecule has 1 aliphatic heterocycles. The maximum Gasteiger partial charge on any atom is 0.0666 e.